The van der Waals surface area contributed by atoms with Crippen LogP contribution in [0.5, 0.6) is 0 Å². The molecule has 0 bridgehead atoms. The van der Waals surface area contributed by atoms with Crippen molar-refractivity contribution in [2.24, 2.45) is 5.92 Å². The minimum absolute atomic E-state index is 0.204. The molecular formula is C13H26FNO. The van der Waals surface area contributed by atoms with Crippen molar-refractivity contribution in [2.45, 2.75) is 51.6 Å². The molecule has 1 rings (SSSR count). The van der Waals surface area contributed by atoms with E-state index in [1.54, 1.807) is 7.11 Å². The van der Waals surface area contributed by atoms with Gasteiger partial charge in [-0.15, -0.1) is 0 Å². The van der Waals surface area contributed by atoms with Crippen LogP contribution in [0, 0.1) is 5.92 Å². The van der Waals surface area contributed by atoms with E-state index in [1.165, 1.54) is 19.3 Å². The van der Waals surface area contributed by atoms with Crippen LogP contribution in [0.15, 0.2) is 0 Å². The summed E-state index contributed by atoms with van der Waals surface area (Å²) in [6.07, 6.45) is 4.34. The van der Waals surface area contributed by atoms with Crippen molar-refractivity contribution in [3.05, 3.63) is 0 Å². The van der Waals surface area contributed by atoms with Gasteiger partial charge in [0.1, 0.15) is 0 Å². The highest BCUT2D eigenvalue weighted by Crippen LogP contribution is 2.28. The third-order valence-electron chi connectivity index (χ3n) is 3.42. The third kappa shape index (κ3) is 4.02. The van der Waals surface area contributed by atoms with Gasteiger partial charge in [0.05, 0.1) is 13.3 Å². The van der Waals surface area contributed by atoms with Crippen LogP contribution in [0.4, 0.5) is 4.39 Å². The number of halogens is 1. The summed E-state index contributed by atoms with van der Waals surface area (Å²) in [5.74, 6) is 0.721. The van der Waals surface area contributed by atoms with Gasteiger partial charge in [-0.2, -0.15) is 0 Å². The lowest BCUT2D eigenvalue weighted by Crippen LogP contribution is -2.40. The fraction of sp³-hybridized carbons (Fsp3) is 1.00. The SMILES string of the molecule is COCC1CCC(CC(C)C)N1CCCF. The standard InChI is InChI=1S/C13H26FNO/c1-11(2)9-12-5-6-13(10-16-3)15(12)8-4-7-14/h11-13H,4-10H2,1-3H3. The van der Waals surface area contributed by atoms with Crippen LogP contribution >= 0.6 is 0 Å². The molecule has 0 aromatic carbocycles. The maximum atomic E-state index is 12.3. The van der Waals surface area contributed by atoms with Gasteiger partial charge in [-0.05, 0) is 31.6 Å². The quantitative estimate of drug-likeness (QED) is 0.668. The first-order valence-corrected chi connectivity index (χ1v) is 6.49. The average Bonchev–Trinajstić information content (AvgIpc) is 2.58. The van der Waals surface area contributed by atoms with Crippen LogP contribution in [0.3, 0.4) is 0 Å². The molecule has 1 saturated heterocycles. The van der Waals surface area contributed by atoms with Gasteiger partial charge in [0.25, 0.3) is 0 Å². The molecule has 1 aliphatic heterocycles. The number of hydrogen-bond donors (Lipinski definition) is 0. The summed E-state index contributed by atoms with van der Waals surface area (Å²) in [5.41, 5.74) is 0. The van der Waals surface area contributed by atoms with Crippen LogP contribution in [0.25, 0.3) is 0 Å². The van der Waals surface area contributed by atoms with Gasteiger partial charge in [0.15, 0.2) is 0 Å². The number of hydrogen-bond acceptors (Lipinski definition) is 2. The van der Waals surface area contributed by atoms with Gasteiger partial charge in [-0.3, -0.25) is 9.29 Å². The Labute approximate surface area is 99.2 Å². The number of methoxy groups -OCH3 is 1. The Morgan fingerprint density at radius 2 is 2.00 bits per heavy atom. The summed E-state index contributed by atoms with van der Waals surface area (Å²) in [6.45, 7) is 6.00. The Kier molecular flexibility index (Phi) is 6.29. The van der Waals surface area contributed by atoms with E-state index >= 15 is 0 Å². The van der Waals surface area contributed by atoms with Crippen LogP contribution in [-0.4, -0.2) is 43.9 Å². The summed E-state index contributed by atoms with van der Waals surface area (Å²) in [5, 5.41) is 0. The molecule has 0 spiro atoms. The molecular weight excluding hydrogens is 205 g/mol. The first-order chi connectivity index (χ1) is 7.69. The Bertz CT molecular complexity index is 187. The first-order valence-electron chi connectivity index (χ1n) is 6.49. The molecule has 0 saturated carbocycles. The monoisotopic (exact) mass is 231 g/mol. The highest BCUT2D eigenvalue weighted by atomic mass is 19.1. The van der Waals surface area contributed by atoms with Gasteiger partial charge < -0.3 is 4.74 Å². The number of ether oxygens (including phenoxy) is 1. The lowest BCUT2D eigenvalue weighted by Gasteiger charge is -2.30. The van der Waals surface area contributed by atoms with Crippen LogP contribution < -0.4 is 0 Å². The van der Waals surface area contributed by atoms with E-state index in [2.05, 4.69) is 18.7 Å². The highest BCUT2D eigenvalue weighted by molar-refractivity contribution is 4.87. The van der Waals surface area contributed by atoms with Gasteiger partial charge in [-0.1, -0.05) is 13.8 Å². The second-order valence-electron chi connectivity index (χ2n) is 5.25. The second-order valence-corrected chi connectivity index (χ2v) is 5.25. The maximum absolute atomic E-state index is 12.3. The van der Waals surface area contributed by atoms with E-state index in [9.17, 15) is 4.39 Å². The summed E-state index contributed by atoms with van der Waals surface area (Å²) in [4.78, 5) is 2.48. The molecule has 96 valence electrons. The molecule has 1 aliphatic rings. The van der Waals surface area contributed by atoms with E-state index in [-0.39, 0.29) is 6.67 Å². The van der Waals surface area contributed by atoms with Crippen molar-refractivity contribution in [1.82, 2.24) is 4.90 Å². The predicted octanol–water partition coefficient (Wildman–Crippen LogP) is 2.87. The number of alkyl halides is 1. The fourth-order valence-corrected chi connectivity index (χ4v) is 2.79. The van der Waals surface area contributed by atoms with Crippen molar-refractivity contribution in [1.29, 1.82) is 0 Å². The highest BCUT2D eigenvalue weighted by Gasteiger charge is 2.32. The Morgan fingerprint density at radius 3 is 2.56 bits per heavy atom. The van der Waals surface area contributed by atoms with E-state index in [0.717, 1.165) is 19.1 Å². The molecule has 3 heteroatoms. The summed E-state index contributed by atoms with van der Waals surface area (Å²) < 4.78 is 17.5. The van der Waals surface area contributed by atoms with Crippen LogP contribution in [0.1, 0.15) is 39.5 Å². The number of nitrogens with zero attached hydrogens (tertiary/aromatic N) is 1. The zero-order valence-electron chi connectivity index (χ0n) is 10.9. The second kappa shape index (κ2) is 7.23. The van der Waals surface area contributed by atoms with Gasteiger partial charge in [0, 0.05) is 25.7 Å². The van der Waals surface area contributed by atoms with E-state index in [1.807, 2.05) is 0 Å². The van der Waals surface area contributed by atoms with E-state index < -0.39 is 0 Å². The minimum atomic E-state index is -0.204. The Hall–Kier alpha value is -0.150. The molecule has 0 N–H and O–H groups in total. The Balaban J connectivity index is 2.49. The molecule has 1 fully saturated rings. The lowest BCUT2D eigenvalue weighted by atomic mass is 10.0. The minimum Gasteiger partial charge on any atom is -0.383 e. The van der Waals surface area contributed by atoms with Gasteiger partial charge in [-0.25, -0.2) is 0 Å². The summed E-state index contributed by atoms with van der Waals surface area (Å²) in [6, 6.07) is 1.16. The first kappa shape index (κ1) is 13.9. The van der Waals surface area contributed by atoms with E-state index in [0.29, 0.717) is 18.5 Å². The molecule has 2 unspecified atom stereocenters. The topological polar surface area (TPSA) is 12.5 Å². The third-order valence-corrected chi connectivity index (χ3v) is 3.42. The van der Waals surface area contributed by atoms with E-state index in [4.69, 9.17) is 4.74 Å². The smallest absolute Gasteiger partial charge is 0.0906 e. The van der Waals surface area contributed by atoms with Crippen molar-refractivity contribution < 1.29 is 9.13 Å². The lowest BCUT2D eigenvalue weighted by molar-refractivity contribution is 0.0885. The van der Waals surface area contributed by atoms with Crippen LogP contribution in [0.2, 0.25) is 0 Å². The zero-order valence-corrected chi connectivity index (χ0v) is 10.9. The summed E-state index contributed by atoms with van der Waals surface area (Å²) >= 11 is 0. The predicted molar refractivity (Wildman–Crippen MR) is 65.4 cm³/mol. The van der Waals surface area contributed by atoms with Gasteiger partial charge in [0.2, 0.25) is 0 Å². The molecule has 2 nitrogen and oxygen atoms in total. The van der Waals surface area contributed by atoms with Crippen molar-refractivity contribution in [3.8, 4) is 0 Å². The maximum Gasteiger partial charge on any atom is 0.0906 e. The largest absolute Gasteiger partial charge is 0.383 e. The van der Waals surface area contributed by atoms with Crippen molar-refractivity contribution in [2.75, 3.05) is 26.9 Å². The molecule has 16 heavy (non-hydrogen) atoms. The summed E-state index contributed by atoms with van der Waals surface area (Å²) in [7, 11) is 1.75. The molecule has 2 atom stereocenters. The number of likely N-dealkylation sites (tertiary alicyclic amines) is 1. The van der Waals surface area contributed by atoms with Crippen molar-refractivity contribution in [3.63, 3.8) is 0 Å². The fourth-order valence-electron chi connectivity index (χ4n) is 2.79. The zero-order chi connectivity index (χ0) is 12.0. The molecule has 0 aromatic rings. The molecule has 0 aromatic heterocycles. The Morgan fingerprint density at radius 1 is 1.31 bits per heavy atom. The molecule has 0 amide bonds. The van der Waals surface area contributed by atoms with Gasteiger partial charge >= 0.3 is 0 Å². The molecule has 1 heterocycles. The molecule has 0 aliphatic carbocycles. The van der Waals surface area contributed by atoms with Crippen molar-refractivity contribution >= 4 is 0 Å². The average molecular weight is 231 g/mol. The normalized spacial score (nSPS) is 26.8. The van der Waals surface area contributed by atoms with Crippen LogP contribution in [-0.2, 0) is 4.74 Å². The molecule has 0 radical (unpaired) electrons. The number of rotatable bonds is 7.